The van der Waals surface area contributed by atoms with Crippen molar-refractivity contribution in [3.8, 4) is 11.5 Å². The number of methoxy groups -OCH3 is 1. The van der Waals surface area contributed by atoms with Gasteiger partial charge in [-0.3, -0.25) is 0 Å². The number of ether oxygens (including phenoxy) is 2. The monoisotopic (exact) mass is 340 g/mol. The molecule has 1 heterocycles. The van der Waals surface area contributed by atoms with Crippen LogP contribution >= 0.6 is 0 Å². The fraction of sp³-hybridized carbons (Fsp3) is 0.647. The van der Waals surface area contributed by atoms with Crippen molar-refractivity contribution in [2.45, 2.75) is 50.2 Å². The van der Waals surface area contributed by atoms with E-state index in [1.165, 1.54) is 0 Å². The summed E-state index contributed by atoms with van der Waals surface area (Å²) in [5, 5.41) is 10.9. The van der Waals surface area contributed by atoms with Crippen LogP contribution in [0.4, 0.5) is 0 Å². The van der Waals surface area contributed by atoms with E-state index in [9.17, 15) is 13.5 Å². The molecule has 0 radical (unpaired) electrons. The quantitative estimate of drug-likeness (QED) is 0.911. The first-order valence-electron chi connectivity index (χ1n) is 8.20. The zero-order chi connectivity index (χ0) is 16.5. The second-order valence-electron chi connectivity index (χ2n) is 6.62. The largest absolute Gasteiger partial charge is 0.493 e. The summed E-state index contributed by atoms with van der Waals surface area (Å²) in [6.45, 7) is 0. The summed E-state index contributed by atoms with van der Waals surface area (Å²) >= 11 is 0. The average molecular weight is 340 g/mol. The highest BCUT2D eigenvalue weighted by Gasteiger charge is 2.39. The van der Waals surface area contributed by atoms with Crippen LogP contribution in [0, 0.1) is 0 Å². The first-order valence-corrected chi connectivity index (χ1v) is 10.0. The van der Waals surface area contributed by atoms with Crippen LogP contribution in [-0.4, -0.2) is 38.2 Å². The van der Waals surface area contributed by atoms with Crippen molar-refractivity contribution in [2.24, 2.45) is 0 Å². The molecule has 1 atom stereocenters. The van der Waals surface area contributed by atoms with Gasteiger partial charge in [-0.15, -0.1) is 0 Å². The van der Waals surface area contributed by atoms with E-state index in [2.05, 4.69) is 0 Å². The van der Waals surface area contributed by atoms with Crippen molar-refractivity contribution in [2.75, 3.05) is 18.6 Å². The molecule has 23 heavy (non-hydrogen) atoms. The minimum absolute atomic E-state index is 0.150. The average Bonchev–Trinajstić information content (AvgIpc) is 2.99. The van der Waals surface area contributed by atoms with Gasteiger partial charge in [-0.05, 0) is 56.2 Å². The Labute approximate surface area is 137 Å². The van der Waals surface area contributed by atoms with Gasteiger partial charge < -0.3 is 14.6 Å². The van der Waals surface area contributed by atoms with Gasteiger partial charge in [-0.2, -0.15) is 0 Å². The smallest absolute Gasteiger partial charge is 0.161 e. The summed E-state index contributed by atoms with van der Waals surface area (Å²) in [6.07, 6.45) is 5.45. The molecule has 1 saturated heterocycles. The molecular weight excluding hydrogens is 316 g/mol. The second-order valence-corrected chi connectivity index (χ2v) is 8.80. The van der Waals surface area contributed by atoms with Crippen molar-refractivity contribution < 1.29 is 23.0 Å². The summed E-state index contributed by atoms with van der Waals surface area (Å²) in [4.78, 5) is 0. The minimum Gasteiger partial charge on any atom is -0.493 e. The Morgan fingerprint density at radius 2 is 1.91 bits per heavy atom. The van der Waals surface area contributed by atoms with Crippen molar-refractivity contribution in [1.29, 1.82) is 0 Å². The molecule has 1 aromatic carbocycles. The number of hydrogen-bond donors (Lipinski definition) is 1. The van der Waals surface area contributed by atoms with Gasteiger partial charge in [0.05, 0.1) is 24.7 Å². The highest BCUT2D eigenvalue weighted by atomic mass is 32.2. The van der Waals surface area contributed by atoms with E-state index in [4.69, 9.17) is 9.47 Å². The third kappa shape index (κ3) is 3.63. The lowest BCUT2D eigenvalue weighted by molar-refractivity contribution is 0.0462. The summed E-state index contributed by atoms with van der Waals surface area (Å²) in [7, 11) is -1.63. The lowest BCUT2D eigenvalue weighted by Gasteiger charge is -2.32. The van der Waals surface area contributed by atoms with Crippen LogP contribution < -0.4 is 9.47 Å². The van der Waals surface area contributed by atoms with E-state index in [0.29, 0.717) is 29.9 Å². The molecule has 1 unspecified atom stereocenters. The lowest BCUT2D eigenvalue weighted by atomic mass is 9.90. The molecule has 0 spiro atoms. The van der Waals surface area contributed by atoms with Crippen LogP contribution in [0.2, 0.25) is 0 Å². The van der Waals surface area contributed by atoms with E-state index in [-0.39, 0.29) is 17.6 Å². The Morgan fingerprint density at radius 1 is 1.17 bits per heavy atom. The van der Waals surface area contributed by atoms with Crippen LogP contribution in [0.15, 0.2) is 18.2 Å². The first kappa shape index (κ1) is 16.6. The van der Waals surface area contributed by atoms with E-state index >= 15 is 0 Å². The highest BCUT2D eigenvalue weighted by Crippen LogP contribution is 2.39. The number of aliphatic hydroxyl groups is 1. The fourth-order valence-electron chi connectivity index (χ4n) is 3.56. The molecule has 128 valence electrons. The molecule has 5 nitrogen and oxygen atoms in total. The van der Waals surface area contributed by atoms with Gasteiger partial charge in [0.1, 0.15) is 5.60 Å². The van der Waals surface area contributed by atoms with Gasteiger partial charge in [-0.1, -0.05) is 6.07 Å². The minimum atomic E-state index is -3.21. The van der Waals surface area contributed by atoms with E-state index in [1.54, 1.807) is 25.3 Å². The van der Waals surface area contributed by atoms with Crippen molar-refractivity contribution in [3.63, 3.8) is 0 Å². The van der Waals surface area contributed by atoms with Crippen LogP contribution in [-0.2, 0) is 15.4 Å². The molecule has 1 aliphatic heterocycles. The Bertz CT molecular complexity index is 664. The van der Waals surface area contributed by atoms with Crippen LogP contribution in [0.25, 0.3) is 0 Å². The molecule has 1 saturated carbocycles. The topological polar surface area (TPSA) is 72.8 Å². The maximum atomic E-state index is 11.9. The molecule has 0 aromatic heterocycles. The van der Waals surface area contributed by atoms with Gasteiger partial charge in [0.2, 0.25) is 0 Å². The van der Waals surface area contributed by atoms with Gasteiger partial charge in [-0.25, -0.2) is 8.42 Å². The van der Waals surface area contributed by atoms with E-state index in [0.717, 1.165) is 25.7 Å². The number of sulfone groups is 1. The predicted molar refractivity (Wildman–Crippen MR) is 87.7 cm³/mol. The van der Waals surface area contributed by atoms with Gasteiger partial charge in [0, 0.05) is 0 Å². The third-order valence-corrected chi connectivity index (χ3v) is 6.63. The maximum absolute atomic E-state index is 11.9. The Morgan fingerprint density at radius 3 is 2.57 bits per heavy atom. The van der Waals surface area contributed by atoms with Crippen LogP contribution in [0.5, 0.6) is 11.5 Å². The molecule has 3 rings (SSSR count). The van der Waals surface area contributed by atoms with Gasteiger partial charge in [0.25, 0.3) is 0 Å². The zero-order valence-electron chi connectivity index (χ0n) is 13.5. The third-order valence-electron chi connectivity index (χ3n) is 4.80. The summed E-state index contributed by atoms with van der Waals surface area (Å²) in [5.74, 6) is 1.13. The molecule has 1 aromatic rings. The van der Waals surface area contributed by atoms with Gasteiger partial charge in [0.15, 0.2) is 21.3 Å². The standard InChI is InChI=1S/C17H24O5S/c1-21-15-8-7-13(11-16(15)22-14-5-2-3-6-14)17(18)9-4-10-23(19,20)12-17/h7-8,11,14,18H,2-6,9-10,12H2,1H3. The van der Waals surface area contributed by atoms with Crippen LogP contribution in [0.3, 0.4) is 0 Å². The molecular formula is C17H24O5S. The highest BCUT2D eigenvalue weighted by molar-refractivity contribution is 7.91. The van der Waals surface area contributed by atoms with Gasteiger partial charge >= 0.3 is 0 Å². The van der Waals surface area contributed by atoms with Crippen molar-refractivity contribution in [1.82, 2.24) is 0 Å². The maximum Gasteiger partial charge on any atom is 0.161 e. The van der Waals surface area contributed by atoms with Crippen molar-refractivity contribution in [3.05, 3.63) is 23.8 Å². The molecule has 1 aliphatic carbocycles. The Hall–Kier alpha value is -1.27. The molecule has 1 N–H and O–H groups in total. The SMILES string of the molecule is COc1ccc(C2(O)CCCS(=O)(=O)C2)cc1OC1CCCC1. The first-order chi connectivity index (χ1) is 10.9. The number of benzene rings is 1. The molecule has 0 amide bonds. The van der Waals surface area contributed by atoms with E-state index in [1.807, 2.05) is 0 Å². The summed E-state index contributed by atoms with van der Waals surface area (Å²) < 4.78 is 35.2. The number of hydrogen-bond acceptors (Lipinski definition) is 5. The van der Waals surface area contributed by atoms with E-state index < -0.39 is 15.4 Å². The van der Waals surface area contributed by atoms with Crippen molar-refractivity contribution >= 4 is 9.84 Å². The number of rotatable bonds is 4. The molecule has 2 fully saturated rings. The summed E-state index contributed by atoms with van der Waals surface area (Å²) in [5.41, 5.74) is -0.744. The summed E-state index contributed by atoms with van der Waals surface area (Å²) in [6, 6.07) is 5.23. The lowest BCUT2D eigenvalue weighted by Crippen LogP contribution is -2.39. The predicted octanol–water partition coefficient (Wildman–Crippen LogP) is 2.41. The Kier molecular flexibility index (Phi) is 4.56. The fourth-order valence-corrected chi connectivity index (χ4v) is 5.33. The molecule has 0 bridgehead atoms. The van der Waals surface area contributed by atoms with Crippen LogP contribution in [0.1, 0.15) is 44.1 Å². The zero-order valence-corrected chi connectivity index (χ0v) is 14.3. The molecule has 6 heteroatoms. The molecule has 2 aliphatic rings. The normalized spacial score (nSPS) is 27.7. The Balaban J connectivity index is 1.90. The second kappa shape index (κ2) is 6.32.